The number of carboxylic acid groups (broad SMARTS) is 1. The molecule has 1 saturated carbocycles. The predicted octanol–water partition coefficient (Wildman–Crippen LogP) is 3.41. The number of carbonyl (C=O) groups is 2. The summed E-state index contributed by atoms with van der Waals surface area (Å²) in [5, 5.41) is 18.0. The molecule has 7 heteroatoms. The smallest absolute Gasteiger partial charge is 0.336 e. The van der Waals surface area contributed by atoms with Crippen molar-refractivity contribution in [2.45, 2.75) is 44.4 Å². The van der Waals surface area contributed by atoms with Crippen LogP contribution in [0.5, 0.6) is 0 Å². The minimum absolute atomic E-state index is 0.140. The van der Waals surface area contributed by atoms with Gasteiger partial charge in [0.05, 0.1) is 23.4 Å². The van der Waals surface area contributed by atoms with Gasteiger partial charge in [-0.05, 0) is 18.9 Å². The lowest BCUT2D eigenvalue weighted by Gasteiger charge is -2.20. The Morgan fingerprint density at radius 2 is 2.12 bits per heavy atom. The Hall–Kier alpha value is -2.15. The van der Waals surface area contributed by atoms with Crippen molar-refractivity contribution in [2.75, 3.05) is 5.32 Å². The molecule has 1 fully saturated rings. The highest BCUT2D eigenvalue weighted by Gasteiger charge is 2.22. The summed E-state index contributed by atoms with van der Waals surface area (Å²) in [4.78, 5) is 24.0. The van der Waals surface area contributed by atoms with Gasteiger partial charge in [0.1, 0.15) is 0 Å². The molecule has 1 aliphatic rings. The summed E-state index contributed by atoms with van der Waals surface area (Å²) in [6, 6.07) is 1.55. The van der Waals surface area contributed by atoms with Gasteiger partial charge in [0.15, 0.2) is 0 Å². The van der Waals surface area contributed by atoms with E-state index in [1.165, 1.54) is 30.6 Å². The maximum Gasteiger partial charge on any atom is 0.336 e. The van der Waals surface area contributed by atoms with Gasteiger partial charge in [0.2, 0.25) is 5.91 Å². The Kier molecular flexibility index (Phi) is 4.99. The summed E-state index contributed by atoms with van der Waals surface area (Å²) >= 11 is 1.29. The van der Waals surface area contributed by atoms with Crippen LogP contribution in [0.4, 0.5) is 5.69 Å². The number of carbonyl (C=O) groups excluding carboxylic acids is 1. The second-order valence-corrected chi connectivity index (χ2v) is 7.26. The first-order valence-corrected chi connectivity index (χ1v) is 9.05. The molecule has 0 spiro atoms. The zero-order valence-electron chi connectivity index (χ0n) is 13.6. The summed E-state index contributed by atoms with van der Waals surface area (Å²) in [6.45, 7) is 0. The highest BCUT2D eigenvalue weighted by molar-refractivity contribution is 7.10. The third kappa shape index (κ3) is 3.84. The maximum atomic E-state index is 12.3. The van der Waals surface area contributed by atoms with Crippen molar-refractivity contribution in [1.29, 1.82) is 0 Å². The van der Waals surface area contributed by atoms with Gasteiger partial charge >= 0.3 is 5.97 Å². The number of nitrogens with zero attached hydrogens (tertiary/aromatic N) is 2. The molecule has 0 aromatic carbocycles. The van der Waals surface area contributed by atoms with Crippen molar-refractivity contribution in [3.05, 3.63) is 33.8 Å². The Morgan fingerprint density at radius 1 is 1.38 bits per heavy atom. The van der Waals surface area contributed by atoms with E-state index in [4.69, 9.17) is 5.11 Å². The Labute approximate surface area is 144 Å². The molecule has 0 aliphatic heterocycles. The summed E-state index contributed by atoms with van der Waals surface area (Å²) in [6.07, 6.45) is 7.95. The van der Waals surface area contributed by atoms with Crippen molar-refractivity contribution < 1.29 is 14.7 Å². The maximum absolute atomic E-state index is 12.3. The molecule has 0 bridgehead atoms. The van der Waals surface area contributed by atoms with Gasteiger partial charge in [-0.25, -0.2) is 4.79 Å². The van der Waals surface area contributed by atoms with Crippen LogP contribution in [0.2, 0.25) is 0 Å². The van der Waals surface area contributed by atoms with Crippen molar-refractivity contribution in [3.63, 3.8) is 0 Å². The third-order valence-corrected chi connectivity index (χ3v) is 5.30. The topological polar surface area (TPSA) is 84.2 Å². The number of thiophene rings is 1. The number of amides is 1. The van der Waals surface area contributed by atoms with Gasteiger partial charge in [-0.1, -0.05) is 19.3 Å². The second-order valence-electron chi connectivity index (χ2n) is 6.27. The molecule has 1 aliphatic carbocycles. The molecule has 0 radical (unpaired) electrons. The lowest BCUT2D eigenvalue weighted by molar-refractivity contribution is -0.115. The monoisotopic (exact) mass is 347 g/mol. The van der Waals surface area contributed by atoms with Gasteiger partial charge < -0.3 is 10.4 Å². The van der Waals surface area contributed by atoms with Gasteiger partial charge in [-0.3, -0.25) is 9.48 Å². The van der Waals surface area contributed by atoms with Crippen LogP contribution in [0.25, 0.3) is 0 Å². The van der Waals surface area contributed by atoms with E-state index in [-0.39, 0.29) is 17.9 Å². The first kappa shape index (κ1) is 16.7. The minimum Gasteiger partial charge on any atom is -0.478 e. The number of anilines is 1. The summed E-state index contributed by atoms with van der Waals surface area (Å²) in [7, 11) is 1.86. The molecule has 24 heavy (non-hydrogen) atoms. The largest absolute Gasteiger partial charge is 0.478 e. The SMILES string of the molecule is Cn1cc(NC(=O)Cc2cc(C(=O)O)cs2)c(C2CCCCC2)n1. The molecule has 1 amide bonds. The van der Waals surface area contributed by atoms with Crippen LogP contribution in [0.1, 0.15) is 59.0 Å². The Balaban J connectivity index is 1.68. The average Bonchev–Trinajstić information content (AvgIpc) is 3.15. The molecular weight excluding hydrogens is 326 g/mol. The molecule has 0 atom stereocenters. The normalized spacial score (nSPS) is 15.4. The number of aromatic nitrogens is 2. The number of hydrogen-bond donors (Lipinski definition) is 2. The fraction of sp³-hybridized carbons (Fsp3) is 0.471. The van der Waals surface area contributed by atoms with Gasteiger partial charge in [-0.15, -0.1) is 11.3 Å². The minimum atomic E-state index is -0.968. The van der Waals surface area contributed by atoms with Crippen molar-refractivity contribution in [2.24, 2.45) is 7.05 Å². The van der Waals surface area contributed by atoms with E-state index in [1.54, 1.807) is 16.1 Å². The molecule has 2 aromatic heterocycles. The second kappa shape index (κ2) is 7.17. The third-order valence-electron chi connectivity index (χ3n) is 4.36. The number of aryl methyl sites for hydroxylation is 1. The molecule has 128 valence electrons. The van der Waals surface area contributed by atoms with Crippen LogP contribution < -0.4 is 5.32 Å². The molecule has 0 unspecified atom stereocenters. The van der Waals surface area contributed by atoms with Gasteiger partial charge in [0.25, 0.3) is 0 Å². The first-order valence-electron chi connectivity index (χ1n) is 8.17. The van der Waals surface area contributed by atoms with E-state index < -0.39 is 5.97 Å². The average molecular weight is 347 g/mol. The van der Waals surface area contributed by atoms with Crippen molar-refractivity contribution in [3.8, 4) is 0 Å². The summed E-state index contributed by atoms with van der Waals surface area (Å²) in [5.41, 5.74) is 1.99. The molecule has 3 rings (SSSR count). The number of nitrogens with one attached hydrogen (secondary N) is 1. The van der Waals surface area contributed by atoms with Crippen LogP contribution in [-0.2, 0) is 18.3 Å². The molecule has 2 heterocycles. The standard InChI is InChI=1S/C17H21N3O3S/c1-20-9-14(16(19-20)11-5-3-2-4-6-11)18-15(21)8-13-7-12(10-24-13)17(22)23/h7,9-11H,2-6,8H2,1H3,(H,18,21)(H,22,23). The number of aromatic carboxylic acids is 1. The molecule has 0 saturated heterocycles. The van der Waals surface area contributed by atoms with Crippen LogP contribution >= 0.6 is 11.3 Å². The first-order chi connectivity index (χ1) is 11.5. The summed E-state index contributed by atoms with van der Waals surface area (Å²) < 4.78 is 1.74. The Morgan fingerprint density at radius 3 is 2.79 bits per heavy atom. The number of hydrogen-bond acceptors (Lipinski definition) is 4. The molecule has 6 nitrogen and oxygen atoms in total. The van der Waals surface area contributed by atoms with E-state index in [0.29, 0.717) is 5.92 Å². The number of rotatable bonds is 5. The Bertz CT molecular complexity index is 744. The van der Waals surface area contributed by atoms with Crippen LogP contribution in [-0.4, -0.2) is 26.8 Å². The van der Waals surface area contributed by atoms with Gasteiger partial charge in [-0.2, -0.15) is 5.10 Å². The highest BCUT2D eigenvalue weighted by Crippen LogP contribution is 2.35. The quantitative estimate of drug-likeness (QED) is 0.868. The van der Waals surface area contributed by atoms with E-state index >= 15 is 0 Å². The van der Waals surface area contributed by atoms with E-state index in [0.717, 1.165) is 29.1 Å². The number of carboxylic acids is 1. The van der Waals surface area contributed by atoms with E-state index in [2.05, 4.69) is 10.4 Å². The summed E-state index contributed by atoms with van der Waals surface area (Å²) in [5.74, 6) is -0.695. The fourth-order valence-corrected chi connectivity index (χ4v) is 4.07. The lowest BCUT2D eigenvalue weighted by Crippen LogP contribution is -2.16. The zero-order chi connectivity index (χ0) is 17.1. The van der Waals surface area contributed by atoms with Crippen molar-refractivity contribution >= 4 is 28.9 Å². The van der Waals surface area contributed by atoms with Crippen LogP contribution in [0.3, 0.4) is 0 Å². The van der Waals surface area contributed by atoms with Gasteiger partial charge in [0, 0.05) is 29.4 Å². The lowest BCUT2D eigenvalue weighted by atomic mass is 9.86. The predicted molar refractivity (Wildman–Crippen MR) is 92.6 cm³/mol. The van der Waals surface area contributed by atoms with E-state index in [1.807, 2.05) is 13.2 Å². The van der Waals surface area contributed by atoms with Crippen LogP contribution in [0, 0.1) is 0 Å². The molecule has 2 aromatic rings. The molecular formula is C17H21N3O3S. The fourth-order valence-electron chi connectivity index (χ4n) is 3.22. The van der Waals surface area contributed by atoms with Crippen LogP contribution in [0.15, 0.2) is 17.6 Å². The highest BCUT2D eigenvalue weighted by atomic mass is 32.1. The van der Waals surface area contributed by atoms with E-state index in [9.17, 15) is 9.59 Å². The van der Waals surface area contributed by atoms with Crippen molar-refractivity contribution in [1.82, 2.24) is 9.78 Å². The molecule has 2 N–H and O–H groups in total. The zero-order valence-corrected chi connectivity index (χ0v) is 14.4.